The quantitative estimate of drug-likeness (QED) is 0.254. The zero-order valence-corrected chi connectivity index (χ0v) is 24.3. The lowest BCUT2D eigenvalue weighted by Crippen LogP contribution is -2.23. The maximum atomic E-state index is 13.1. The highest BCUT2D eigenvalue weighted by Crippen LogP contribution is 2.38. The van der Waals surface area contributed by atoms with Crippen LogP contribution >= 0.6 is 11.8 Å². The number of nitrogens with zero attached hydrogens (tertiary/aromatic N) is 2. The predicted octanol–water partition coefficient (Wildman–Crippen LogP) is 5.82. The first-order valence-corrected chi connectivity index (χ1v) is 13.7. The van der Waals surface area contributed by atoms with Gasteiger partial charge in [0.05, 0.1) is 29.4 Å². The van der Waals surface area contributed by atoms with E-state index in [-0.39, 0.29) is 24.5 Å². The van der Waals surface area contributed by atoms with Crippen molar-refractivity contribution in [3.05, 3.63) is 88.3 Å². The minimum atomic E-state index is -0.441. The van der Waals surface area contributed by atoms with Crippen molar-refractivity contribution in [2.45, 2.75) is 26.9 Å². The number of anilines is 1. The standard InChI is InChI=1S/C31H31N3O6S/c1-19(2)40-30(37)22-9-6-10-24(16-22)33-31-34(4)29(36)26(41-31)17-21-8-7-11-25(38-5)28(21)39-18-27(35)32-23-14-12-20(3)13-15-23/h6-17,19H,18H2,1-5H3,(H,32,35). The molecule has 0 saturated carbocycles. The molecule has 0 spiro atoms. The molecular formula is C31H31N3O6S. The number of thioether (sulfide) groups is 1. The Morgan fingerprint density at radius 1 is 1.07 bits per heavy atom. The van der Waals surface area contributed by atoms with E-state index in [2.05, 4.69) is 10.3 Å². The van der Waals surface area contributed by atoms with Crippen LogP contribution in [0, 0.1) is 6.92 Å². The predicted molar refractivity (Wildman–Crippen MR) is 161 cm³/mol. The topological polar surface area (TPSA) is 107 Å². The summed E-state index contributed by atoms with van der Waals surface area (Å²) >= 11 is 1.19. The molecule has 2 amide bonds. The van der Waals surface area contributed by atoms with Crippen LogP contribution in [-0.4, -0.2) is 54.7 Å². The van der Waals surface area contributed by atoms with Crippen LogP contribution in [0.15, 0.2) is 76.6 Å². The van der Waals surface area contributed by atoms with Gasteiger partial charge < -0.3 is 19.5 Å². The maximum Gasteiger partial charge on any atom is 0.338 e. The van der Waals surface area contributed by atoms with Gasteiger partial charge in [-0.1, -0.05) is 35.9 Å². The fourth-order valence-electron chi connectivity index (χ4n) is 3.82. The number of ether oxygens (including phenoxy) is 3. The molecule has 1 saturated heterocycles. The highest BCUT2D eigenvalue weighted by atomic mass is 32.2. The number of likely N-dealkylation sites (N-methyl/N-ethyl adjacent to an activating group) is 1. The minimum Gasteiger partial charge on any atom is -0.493 e. The fraction of sp³-hybridized carbons (Fsp3) is 0.226. The second-order valence-corrected chi connectivity index (χ2v) is 10.5. The second kappa shape index (κ2) is 13.2. The van der Waals surface area contributed by atoms with Crippen LogP contribution in [0.25, 0.3) is 6.08 Å². The van der Waals surface area contributed by atoms with Gasteiger partial charge in [0.15, 0.2) is 23.3 Å². The van der Waals surface area contributed by atoms with Crippen LogP contribution in [0.3, 0.4) is 0 Å². The Morgan fingerprint density at radius 3 is 2.51 bits per heavy atom. The number of benzene rings is 3. The molecular weight excluding hydrogens is 542 g/mol. The van der Waals surface area contributed by atoms with Gasteiger partial charge in [-0.3, -0.25) is 14.5 Å². The molecule has 212 valence electrons. The van der Waals surface area contributed by atoms with Crippen LogP contribution in [0.1, 0.15) is 35.3 Å². The second-order valence-electron chi connectivity index (χ2n) is 9.46. The van der Waals surface area contributed by atoms with Crippen LogP contribution in [0.5, 0.6) is 11.5 Å². The Morgan fingerprint density at radius 2 is 1.80 bits per heavy atom. The van der Waals surface area contributed by atoms with E-state index in [0.717, 1.165) is 5.56 Å². The van der Waals surface area contributed by atoms with Gasteiger partial charge in [0.25, 0.3) is 11.8 Å². The SMILES string of the molecule is COc1cccc(C=C2SC(=Nc3cccc(C(=O)OC(C)C)c3)N(C)C2=O)c1OCC(=O)Nc1ccc(C)cc1. The number of nitrogens with one attached hydrogen (secondary N) is 1. The lowest BCUT2D eigenvalue weighted by molar-refractivity contribution is -0.121. The number of hydrogen-bond donors (Lipinski definition) is 1. The van der Waals surface area contributed by atoms with Gasteiger partial charge in [0.1, 0.15) is 0 Å². The molecule has 4 rings (SSSR count). The molecule has 0 aromatic heterocycles. The van der Waals surface area contributed by atoms with E-state index in [9.17, 15) is 14.4 Å². The monoisotopic (exact) mass is 573 g/mol. The van der Waals surface area contributed by atoms with Gasteiger partial charge in [0.2, 0.25) is 0 Å². The van der Waals surface area contributed by atoms with E-state index in [1.165, 1.54) is 23.8 Å². The number of amidine groups is 1. The van der Waals surface area contributed by atoms with Gasteiger partial charge in [-0.15, -0.1) is 0 Å². The van der Waals surface area contributed by atoms with Gasteiger partial charge in [0, 0.05) is 18.3 Å². The number of hydrogen-bond acceptors (Lipinski definition) is 8. The van der Waals surface area contributed by atoms with Gasteiger partial charge >= 0.3 is 5.97 Å². The van der Waals surface area contributed by atoms with Crippen molar-refractivity contribution in [3.8, 4) is 11.5 Å². The number of aryl methyl sites for hydroxylation is 1. The molecule has 9 nitrogen and oxygen atoms in total. The highest BCUT2D eigenvalue weighted by Gasteiger charge is 2.31. The molecule has 3 aromatic rings. The molecule has 3 aromatic carbocycles. The van der Waals surface area contributed by atoms with Crippen LogP contribution in [-0.2, 0) is 14.3 Å². The van der Waals surface area contributed by atoms with Crippen molar-refractivity contribution in [1.29, 1.82) is 0 Å². The molecule has 1 aliphatic heterocycles. The molecule has 1 aliphatic rings. The molecule has 0 bridgehead atoms. The van der Waals surface area contributed by atoms with E-state index >= 15 is 0 Å². The van der Waals surface area contributed by atoms with Crippen molar-refractivity contribution >= 4 is 52.2 Å². The average molecular weight is 574 g/mol. The largest absolute Gasteiger partial charge is 0.493 e. The van der Waals surface area contributed by atoms with Gasteiger partial charge in [-0.25, -0.2) is 9.79 Å². The zero-order valence-electron chi connectivity index (χ0n) is 23.5. The molecule has 1 fully saturated rings. The number of carbonyl (C=O) groups excluding carboxylic acids is 3. The Bertz CT molecular complexity index is 1510. The lowest BCUT2D eigenvalue weighted by atomic mass is 10.1. The van der Waals surface area contributed by atoms with E-state index in [1.807, 2.05) is 31.2 Å². The molecule has 41 heavy (non-hydrogen) atoms. The Hall–Kier alpha value is -4.57. The number of methoxy groups -OCH3 is 1. The minimum absolute atomic E-state index is 0.243. The summed E-state index contributed by atoms with van der Waals surface area (Å²) in [5, 5.41) is 3.24. The summed E-state index contributed by atoms with van der Waals surface area (Å²) in [5.41, 5.74) is 3.20. The summed E-state index contributed by atoms with van der Waals surface area (Å²) in [6, 6.07) is 19.4. The van der Waals surface area contributed by atoms with Crippen molar-refractivity contribution in [2.24, 2.45) is 4.99 Å². The van der Waals surface area contributed by atoms with E-state index in [4.69, 9.17) is 14.2 Å². The number of carbonyl (C=O) groups is 3. The van der Waals surface area contributed by atoms with E-state index < -0.39 is 5.97 Å². The third-order valence-electron chi connectivity index (χ3n) is 5.85. The van der Waals surface area contributed by atoms with Crippen molar-refractivity contribution in [2.75, 3.05) is 26.1 Å². The average Bonchev–Trinajstić information content (AvgIpc) is 3.20. The van der Waals surface area contributed by atoms with Crippen molar-refractivity contribution < 1.29 is 28.6 Å². The summed E-state index contributed by atoms with van der Waals surface area (Å²) in [7, 11) is 3.13. The summed E-state index contributed by atoms with van der Waals surface area (Å²) in [5.74, 6) is -0.276. The molecule has 0 atom stereocenters. The Kier molecular flexibility index (Phi) is 9.46. The van der Waals surface area contributed by atoms with Crippen molar-refractivity contribution in [1.82, 2.24) is 4.90 Å². The van der Waals surface area contributed by atoms with Gasteiger partial charge in [-0.2, -0.15) is 0 Å². The third-order valence-corrected chi connectivity index (χ3v) is 6.91. The van der Waals surface area contributed by atoms with Crippen LogP contribution in [0.4, 0.5) is 11.4 Å². The van der Waals surface area contributed by atoms with Crippen LogP contribution in [0.2, 0.25) is 0 Å². The molecule has 10 heteroatoms. The van der Waals surface area contributed by atoms with Gasteiger partial charge in [-0.05, 0) is 75.0 Å². The first-order valence-electron chi connectivity index (χ1n) is 12.9. The Balaban J connectivity index is 1.54. The van der Waals surface area contributed by atoms with E-state index in [1.54, 1.807) is 69.4 Å². The molecule has 0 radical (unpaired) electrons. The number of para-hydroxylation sites is 1. The fourth-order valence-corrected chi connectivity index (χ4v) is 4.80. The van der Waals surface area contributed by atoms with Crippen molar-refractivity contribution in [3.63, 3.8) is 0 Å². The molecule has 0 unspecified atom stereocenters. The molecule has 0 aliphatic carbocycles. The summed E-state index contributed by atoms with van der Waals surface area (Å²) in [4.78, 5) is 44.4. The number of amides is 2. The van der Waals surface area contributed by atoms with E-state index in [0.29, 0.717) is 44.1 Å². The highest BCUT2D eigenvalue weighted by molar-refractivity contribution is 8.18. The number of rotatable bonds is 9. The smallest absolute Gasteiger partial charge is 0.338 e. The zero-order chi connectivity index (χ0) is 29.5. The normalized spacial score (nSPS) is 15.0. The third kappa shape index (κ3) is 7.55. The first kappa shape index (κ1) is 29.4. The summed E-state index contributed by atoms with van der Waals surface area (Å²) < 4.78 is 16.6. The molecule has 1 N–H and O–H groups in total. The lowest BCUT2D eigenvalue weighted by Gasteiger charge is -2.14. The number of esters is 1. The Labute approximate surface area is 243 Å². The summed E-state index contributed by atoms with van der Waals surface area (Å²) in [6.45, 7) is 5.28. The maximum absolute atomic E-state index is 13.1. The van der Waals surface area contributed by atoms with Crippen LogP contribution < -0.4 is 14.8 Å². The number of aliphatic imine (C=N–C) groups is 1. The molecule has 1 heterocycles. The summed E-state index contributed by atoms with van der Waals surface area (Å²) in [6.07, 6.45) is 1.44. The first-order chi connectivity index (χ1) is 19.6.